The first-order valence-corrected chi connectivity index (χ1v) is 12.0. The molecule has 1 N–H and O–H groups in total. The van der Waals surface area contributed by atoms with Crippen LogP contribution < -0.4 is 10.2 Å². The van der Waals surface area contributed by atoms with Crippen LogP contribution in [-0.4, -0.2) is 23.2 Å². The number of carbonyl (C=O) groups excluding carboxylic acids is 2. The molecule has 4 nitrogen and oxygen atoms in total. The van der Waals surface area contributed by atoms with Gasteiger partial charge < -0.3 is 10.2 Å². The van der Waals surface area contributed by atoms with Gasteiger partial charge in [-0.05, 0) is 60.2 Å². The molecule has 0 radical (unpaired) electrons. The Labute approximate surface area is 224 Å². The Morgan fingerprint density at radius 1 is 0.972 bits per heavy atom. The first kappa shape index (κ1) is 26.6. The molecule has 2 amide bonds. The van der Waals surface area contributed by atoms with Crippen molar-refractivity contribution in [2.24, 2.45) is 5.92 Å². The minimum Gasteiger partial charge on any atom is -0.326 e. The SMILES string of the molecule is CN(C(=O)c1cc(NC(=O)[C@H]2[C@H](c3ccc(Cl)c(C(F)F)c3)C2(Cl)Cl)ccc1Cl)c1ccc(F)cc1. The van der Waals surface area contributed by atoms with E-state index in [0.717, 1.165) is 0 Å². The lowest BCUT2D eigenvalue weighted by Gasteiger charge is -2.18. The molecule has 1 aliphatic carbocycles. The van der Waals surface area contributed by atoms with E-state index in [1.807, 2.05) is 0 Å². The molecular formula is C25H17Cl4F3N2O2. The maximum atomic E-state index is 13.3. The molecule has 1 aliphatic rings. The van der Waals surface area contributed by atoms with Gasteiger partial charge in [0.25, 0.3) is 12.3 Å². The van der Waals surface area contributed by atoms with Crippen LogP contribution >= 0.6 is 46.4 Å². The Kier molecular flexibility index (Phi) is 7.49. The number of alkyl halides is 4. The van der Waals surface area contributed by atoms with E-state index in [9.17, 15) is 22.8 Å². The van der Waals surface area contributed by atoms with Gasteiger partial charge in [-0.1, -0.05) is 29.3 Å². The third kappa shape index (κ3) is 5.16. The van der Waals surface area contributed by atoms with Gasteiger partial charge in [-0.25, -0.2) is 13.2 Å². The van der Waals surface area contributed by atoms with Crippen molar-refractivity contribution in [1.82, 2.24) is 0 Å². The van der Waals surface area contributed by atoms with Crippen molar-refractivity contribution in [3.63, 3.8) is 0 Å². The number of anilines is 2. The number of amides is 2. The molecule has 0 unspecified atom stereocenters. The highest BCUT2D eigenvalue weighted by atomic mass is 35.5. The fraction of sp³-hybridized carbons (Fsp3) is 0.200. The van der Waals surface area contributed by atoms with Gasteiger partial charge in [0.1, 0.15) is 10.2 Å². The fourth-order valence-corrected chi connectivity index (χ4v) is 5.17. The van der Waals surface area contributed by atoms with E-state index in [1.165, 1.54) is 72.6 Å². The summed E-state index contributed by atoms with van der Waals surface area (Å²) in [5.74, 6) is -3.18. The lowest BCUT2D eigenvalue weighted by atomic mass is 10.1. The summed E-state index contributed by atoms with van der Waals surface area (Å²) >= 11 is 24.7. The van der Waals surface area contributed by atoms with Crippen LogP contribution in [0, 0.1) is 11.7 Å². The van der Waals surface area contributed by atoms with Gasteiger partial charge >= 0.3 is 0 Å². The van der Waals surface area contributed by atoms with Crippen LogP contribution in [0.1, 0.15) is 33.8 Å². The van der Waals surface area contributed by atoms with Gasteiger partial charge in [0.15, 0.2) is 0 Å². The van der Waals surface area contributed by atoms with E-state index in [2.05, 4.69) is 5.32 Å². The summed E-state index contributed by atoms with van der Waals surface area (Å²) in [7, 11) is 1.50. The zero-order valence-corrected chi connectivity index (χ0v) is 21.4. The van der Waals surface area contributed by atoms with E-state index in [1.54, 1.807) is 0 Å². The molecule has 0 heterocycles. The van der Waals surface area contributed by atoms with Crippen molar-refractivity contribution in [3.8, 4) is 0 Å². The van der Waals surface area contributed by atoms with Crippen LogP contribution in [0.5, 0.6) is 0 Å². The normalized spacial score (nSPS) is 18.1. The minimum absolute atomic E-state index is 0.0934. The highest BCUT2D eigenvalue weighted by molar-refractivity contribution is 6.53. The van der Waals surface area contributed by atoms with Crippen LogP contribution in [0.3, 0.4) is 0 Å². The predicted molar refractivity (Wildman–Crippen MR) is 136 cm³/mol. The van der Waals surface area contributed by atoms with Crippen LogP contribution in [0.15, 0.2) is 60.7 Å². The number of hydrogen-bond donors (Lipinski definition) is 1. The summed E-state index contributed by atoms with van der Waals surface area (Å²) in [6.45, 7) is 0. The number of nitrogens with one attached hydrogen (secondary N) is 1. The molecule has 0 saturated heterocycles. The summed E-state index contributed by atoms with van der Waals surface area (Å²) in [6, 6.07) is 13.6. The molecule has 0 aliphatic heterocycles. The average Bonchev–Trinajstić information content (AvgIpc) is 3.41. The average molecular weight is 576 g/mol. The predicted octanol–water partition coefficient (Wildman–Crippen LogP) is 7.87. The summed E-state index contributed by atoms with van der Waals surface area (Å²) in [5, 5.41) is 2.69. The number of halogens is 7. The van der Waals surface area contributed by atoms with E-state index < -0.39 is 40.2 Å². The molecule has 0 spiro atoms. The van der Waals surface area contributed by atoms with Crippen LogP contribution in [0.4, 0.5) is 24.5 Å². The smallest absolute Gasteiger partial charge is 0.265 e. The van der Waals surface area contributed by atoms with Gasteiger partial charge in [0, 0.05) is 34.9 Å². The summed E-state index contributed by atoms with van der Waals surface area (Å²) in [4.78, 5) is 27.3. The van der Waals surface area contributed by atoms with Crippen molar-refractivity contribution in [2.75, 3.05) is 17.3 Å². The standard InChI is InChI=1S/C25H17Cl4F3N2O2/c1-34(15-6-3-13(30)4-7-15)24(36)17-11-14(5-9-19(17)27)33-23(35)21-20(25(21,28)29)12-2-8-18(26)16(10-12)22(31)32/h2-11,20-22H,1H3,(H,33,35)/t20-,21+/m0/s1. The van der Waals surface area contributed by atoms with Crippen molar-refractivity contribution in [2.45, 2.75) is 16.7 Å². The van der Waals surface area contributed by atoms with Gasteiger partial charge in [-0.15, -0.1) is 23.2 Å². The lowest BCUT2D eigenvalue weighted by molar-refractivity contribution is -0.117. The maximum absolute atomic E-state index is 13.3. The Bertz CT molecular complexity index is 1340. The Balaban J connectivity index is 1.53. The van der Waals surface area contributed by atoms with E-state index in [0.29, 0.717) is 11.3 Å². The first-order valence-electron chi connectivity index (χ1n) is 10.5. The monoisotopic (exact) mass is 574 g/mol. The number of rotatable bonds is 6. The molecule has 188 valence electrons. The second kappa shape index (κ2) is 10.1. The third-order valence-electron chi connectivity index (χ3n) is 5.93. The van der Waals surface area contributed by atoms with E-state index >= 15 is 0 Å². The number of carbonyl (C=O) groups is 2. The molecule has 4 rings (SSSR count). The maximum Gasteiger partial charge on any atom is 0.265 e. The molecular weight excluding hydrogens is 559 g/mol. The second-order valence-corrected chi connectivity index (χ2v) is 10.5. The second-order valence-electron chi connectivity index (χ2n) is 8.24. The minimum atomic E-state index is -2.80. The molecule has 0 aromatic heterocycles. The number of hydrogen-bond acceptors (Lipinski definition) is 2. The summed E-state index contributed by atoms with van der Waals surface area (Å²) in [5.41, 5.74) is 0.756. The molecule has 2 atom stereocenters. The van der Waals surface area contributed by atoms with Crippen molar-refractivity contribution in [3.05, 3.63) is 93.2 Å². The van der Waals surface area contributed by atoms with Crippen molar-refractivity contribution < 1.29 is 22.8 Å². The number of benzene rings is 3. The lowest BCUT2D eigenvalue weighted by Crippen LogP contribution is -2.26. The molecule has 1 fully saturated rings. The molecule has 36 heavy (non-hydrogen) atoms. The van der Waals surface area contributed by atoms with E-state index in [-0.39, 0.29) is 26.9 Å². The highest BCUT2D eigenvalue weighted by Crippen LogP contribution is 2.65. The highest BCUT2D eigenvalue weighted by Gasteiger charge is 2.67. The van der Waals surface area contributed by atoms with Gasteiger partial charge in [-0.2, -0.15) is 0 Å². The quantitative estimate of drug-likeness (QED) is 0.304. The molecule has 11 heteroatoms. The van der Waals surface area contributed by atoms with Crippen LogP contribution in [0.2, 0.25) is 10.0 Å². The zero-order valence-electron chi connectivity index (χ0n) is 18.4. The largest absolute Gasteiger partial charge is 0.326 e. The number of nitrogens with zero attached hydrogens (tertiary/aromatic N) is 1. The zero-order chi connectivity index (χ0) is 26.4. The fourth-order valence-electron chi connectivity index (χ4n) is 3.94. The molecule has 1 saturated carbocycles. The summed E-state index contributed by atoms with van der Waals surface area (Å²) in [6.07, 6.45) is -2.80. The molecule has 3 aromatic carbocycles. The third-order valence-corrected chi connectivity index (χ3v) is 7.55. The Hall–Kier alpha value is -2.45. The molecule has 0 bridgehead atoms. The van der Waals surface area contributed by atoms with Crippen molar-refractivity contribution >= 4 is 69.6 Å². The van der Waals surface area contributed by atoms with Gasteiger partial charge in [0.05, 0.1) is 16.5 Å². The van der Waals surface area contributed by atoms with Gasteiger partial charge in [-0.3, -0.25) is 9.59 Å². The first-order chi connectivity index (χ1) is 16.9. The van der Waals surface area contributed by atoms with Crippen LogP contribution in [0.25, 0.3) is 0 Å². The van der Waals surface area contributed by atoms with Crippen LogP contribution in [-0.2, 0) is 4.79 Å². The Morgan fingerprint density at radius 2 is 1.61 bits per heavy atom. The summed E-state index contributed by atoms with van der Waals surface area (Å²) < 4.78 is 38.2. The van der Waals surface area contributed by atoms with Crippen molar-refractivity contribution in [1.29, 1.82) is 0 Å². The van der Waals surface area contributed by atoms with E-state index in [4.69, 9.17) is 46.4 Å². The van der Waals surface area contributed by atoms with Gasteiger partial charge in [0.2, 0.25) is 5.91 Å². The topological polar surface area (TPSA) is 49.4 Å². The molecule has 3 aromatic rings. The Morgan fingerprint density at radius 3 is 2.25 bits per heavy atom.